The molecule has 118 valence electrons. The minimum atomic E-state index is -0.0401. The molecule has 3 nitrogen and oxygen atoms in total. The molecular formula is C15H15Cl2NO2S2. The number of hydrogen-bond donors (Lipinski definition) is 0. The second-order valence-corrected chi connectivity index (χ2v) is 6.86. The van der Waals surface area contributed by atoms with Crippen LogP contribution < -0.4 is 5.43 Å². The third-order valence-electron chi connectivity index (χ3n) is 2.99. The first kappa shape index (κ1) is 17.6. The van der Waals surface area contributed by atoms with Crippen LogP contribution in [0.5, 0.6) is 0 Å². The lowest BCUT2D eigenvalue weighted by Gasteiger charge is -2.22. The van der Waals surface area contributed by atoms with Crippen LogP contribution in [0.2, 0.25) is 0 Å². The van der Waals surface area contributed by atoms with E-state index in [9.17, 15) is 4.79 Å². The lowest BCUT2D eigenvalue weighted by Crippen LogP contribution is -2.31. The summed E-state index contributed by atoms with van der Waals surface area (Å²) in [6, 6.07) is 8.72. The van der Waals surface area contributed by atoms with E-state index in [1.807, 2.05) is 17.0 Å². The Balaban J connectivity index is 2.08. The van der Waals surface area contributed by atoms with Gasteiger partial charge in [-0.2, -0.15) is 0 Å². The number of alkyl halides is 2. The van der Waals surface area contributed by atoms with Crippen molar-refractivity contribution in [2.24, 2.45) is 0 Å². The van der Waals surface area contributed by atoms with Crippen molar-refractivity contribution in [1.82, 2.24) is 4.90 Å². The molecule has 0 amide bonds. The molecule has 0 spiro atoms. The van der Waals surface area contributed by atoms with E-state index in [4.69, 9.17) is 39.8 Å². The van der Waals surface area contributed by atoms with Crippen LogP contribution in [0.3, 0.4) is 0 Å². The summed E-state index contributed by atoms with van der Waals surface area (Å²) in [5.41, 5.74) is 0.552. The Labute approximate surface area is 148 Å². The molecule has 0 N–H and O–H groups in total. The SMILES string of the molecule is O=c1cc(CSC(=S)N(CCCl)CCCl)oc2ccccc12. The maximum Gasteiger partial charge on any atom is 0.192 e. The molecule has 0 radical (unpaired) electrons. The number of benzene rings is 1. The van der Waals surface area contributed by atoms with Gasteiger partial charge >= 0.3 is 0 Å². The molecule has 0 saturated carbocycles. The lowest BCUT2D eigenvalue weighted by molar-refractivity contribution is 0.487. The fourth-order valence-electron chi connectivity index (χ4n) is 1.95. The maximum atomic E-state index is 12.0. The smallest absolute Gasteiger partial charge is 0.192 e. The zero-order valence-corrected chi connectivity index (χ0v) is 14.9. The van der Waals surface area contributed by atoms with Gasteiger partial charge in [-0.05, 0) is 12.1 Å². The predicted molar refractivity (Wildman–Crippen MR) is 99.4 cm³/mol. The number of para-hydroxylation sites is 1. The van der Waals surface area contributed by atoms with Gasteiger partial charge in [0, 0.05) is 30.9 Å². The zero-order valence-electron chi connectivity index (χ0n) is 11.8. The first-order chi connectivity index (χ1) is 10.7. The van der Waals surface area contributed by atoms with Gasteiger partial charge in [-0.25, -0.2) is 0 Å². The summed E-state index contributed by atoms with van der Waals surface area (Å²) in [7, 11) is 0. The van der Waals surface area contributed by atoms with E-state index in [0.717, 1.165) is 0 Å². The second kappa shape index (κ2) is 8.77. The van der Waals surface area contributed by atoms with Gasteiger partial charge in [0.1, 0.15) is 15.7 Å². The predicted octanol–water partition coefficient (Wildman–Crippen LogP) is 4.09. The summed E-state index contributed by atoms with van der Waals surface area (Å²) in [6.07, 6.45) is 0. The first-order valence-electron chi connectivity index (χ1n) is 6.71. The summed E-state index contributed by atoms with van der Waals surface area (Å²) >= 11 is 18.4. The third kappa shape index (κ3) is 4.62. The minimum Gasteiger partial charge on any atom is -0.460 e. The molecule has 0 aliphatic rings. The average molecular weight is 376 g/mol. The summed E-state index contributed by atoms with van der Waals surface area (Å²) in [5, 5.41) is 0.588. The quantitative estimate of drug-likeness (QED) is 0.560. The van der Waals surface area contributed by atoms with Gasteiger partial charge in [0.05, 0.1) is 11.1 Å². The zero-order chi connectivity index (χ0) is 15.9. The molecule has 7 heteroatoms. The van der Waals surface area contributed by atoms with Gasteiger partial charge in [0.25, 0.3) is 0 Å². The number of rotatable bonds is 6. The number of thiocarbonyl (C=S) groups is 1. The highest BCUT2D eigenvalue weighted by atomic mass is 35.5. The van der Waals surface area contributed by atoms with E-state index in [2.05, 4.69) is 0 Å². The minimum absolute atomic E-state index is 0.0401. The number of halogens is 2. The highest BCUT2D eigenvalue weighted by Crippen LogP contribution is 2.19. The standard InChI is InChI=1S/C15H15Cl2NO2S2/c16-5-7-18(8-6-17)15(21)22-10-11-9-13(19)12-3-1-2-4-14(12)20-11/h1-4,9H,5-8,10H2. The van der Waals surface area contributed by atoms with E-state index in [1.165, 1.54) is 17.8 Å². The van der Waals surface area contributed by atoms with Crippen LogP contribution >= 0.6 is 47.2 Å². The summed E-state index contributed by atoms with van der Waals surface area (Å²) in [6.45, 7) is 1.31. The molecule has 0 saturated heterocycles. The van der Waals surface area contributed by atoms with Crippen LogP contribution in [0, 0.1) is 0 Å². The Morgan fingerprint density at radius 1 is 1.23 bits per heavy atom. The van der Waals surface area contributed by atoms with E-state index in [1.54, 1.807) is 12.1 Å². The summed E-state index contributed by atoms with van der Waals surface area (Å²) < 4.78 is 6.45. The van der Waals surface area contributed by atoms with Crippen molar-refractivity contribution in [3.63, 3.8) is 0 Å². The first-order valence-corrected chi connectivity index (χ1v) is 9.17. The third-order valence-corrected chi connectivity index (χ3v) is 4.87. The molecule has 0 fully saturated rings. The van der Waals surface area contributed by atoms with Gasteiger partial charge in [-0.1, -0.05) is 36.1 Å². The summed E-state index contributed by atoms with van der Waals surface area (Å²) in [4.78, 5) is 14.0. The van der Waals surface area contributed by atoms with Gasteiger partial charge < -0.3 is 9.32 Å². The molecule has 1 aromatic heterocycles. The highest BCUT2D eigenvalue weighted by molar-refractivity contribution is 8.22. The number of nitrogens with zero attached hydrogens (tertiary/aromatic N) is 1. The Bertz CT molecular complexity index is 699. The van der Waals surface area contributed by atoms with Crippen LogP contribution in [0.15, 0.2) is 39.5 Å². The van der Waals surface area contributed by atoms with Crippen molar-refractivity contribution in [2.45, 2.75) is 5.75 Å². The maximum absolute atomic E-state index is 12.0. The second-order valence-electron chi connectivity index (χ2n) is 4.49. The van der Waals surface area contributed by atoms with Crippen LogP contribution in [0.4, 0.5) is 0 Å². The Morgan fingerprint density at radius 3 is 2.59 bits per heavy atom. The van der Waals surface area contributed by atoms with Crippen LogP contribution in [0.25, 0.3) is 11.0 Å². The number of fused-ring (bicyclic) bond motifs is 1. The number of thioether (sulfide) groups is 1. The largest absolute Gasteiger partial charge is 0.460 e. The Kier molecular flexibility index (Phi) is 7.02. The molecule has 2 rings (SSSR count). The monoisotopic (exact) mass is 375 g/mol. The van der Waals surface area contributed by atoms with Crippen LogP contribution in [0.1, 0.15) is 5.76 Å². The Hall–Kier alpha value is -0.750. The van der Waals surface area contributed by atoms with Gasteiger partial charge in [-0.3, -0.25) is 4.79 Å². The van der Waals surface area contributed by atoms with Crippen molar-refractivity contribution >= 4 is 62.5 Å². The highest BCUT2D eigenvalue weighted by Gasteiger charge is 2.11. The fraction of sp³-hybridized carbons (Fsp3) is 0.333. The molecule has 0 aliphatic heterocycles. The van der Waals surface area contributed by atoms with Gasteiger partial charge in [0.2, 0.25) is 0 Å². The van der Waals surface area contributed by atoms with Crippen LogP contribution in [-0.2, 0) is 5.75 Å². The molecule has 1 heterocycles. The lowest BCUT2D eigenvalue weighted by atomic mass is 10.2. The van der Waals surface area contributed by atoms with E-state index < -0.39 is 0 Å². The van der Waals surface area contributed by atoms with Crippen LogP contribution in [-0.4, -0.2) is 34.1 Å². The molecule has 0 aliphatic carbocycles. The van der Waals surface area contributed by atoms with E-state index in [-0.39, 0.29) is 5.43 Å². The van der Waals surface area contributed by atoms with Gasteiger partial charge in [0.15, 0.2) is 5.43 Å². The van der Waals surface area contributed by atoms with E-state index in [0.29, 0.717) is 51.7 Å². The molecule has 22 heavy (non-hydrogen) atoms. The van der Waals surface area contributed by atoms with E-state index >= 15 is 0 Å². The molecule has 1 aromatic carbocycles. The van der Waals surface area contributed by atoms with Crippen molar-refractivity contribution in [1.29, 1.82) is 0 Å². The molecule has 0 bridgehead atoms. The van der Waals surface area contributed by atoms with Gasteiger partial charge in [-0.15, -0.1) is 23.2 Å². The normalized spacial score (nSPS) is 10.8. The summed E-state index contributed by atoms with van der Waals surface area (Å²) in [5.74, 6) is 2.08. The molecular weight excluding hydrogens is 361 g/mol. The Morgan fingerprint density at radius 2 is 1.91 bits per heavy atom. The van der Waals surface area contributed by atoms with Crippen molar-refractivity contribution in [3.8, 4) is 0 Å². The fourth-order valence-corrected chi connectivity index (χ4v) is 3.49. The topological polar surface area (TPSA) is 33.5 Å². The van der Waals surface area contributed by atoms with Crippen molar-refractivity contribution in [3.05, 3.63) is 46.3 Å². The molecule has 0 unspecified atom stereocenters. The number of hydrogen-bond acceptors (Lipinski definition) is 4. The van der Waals surface area contributed by atoms with Crippen molar-refractivity contribution < 1.29 is 4.42 Å². The average Bonchev–Trinajstić information content (AvgIpc) is 2.52. The van der Waals surface area contributed by atoms with Crippen molar-refractivity contribution in [2.75, 3.05) is 24.8 Å². The molecule has 0 atom stereocenters. The molecule has 2 aromatic rings.